The van der Waals surface area contributed by atoms with Crippen LogP contribution in [0.3, 0.4) is 0 Å². The largest absolute Gasteiger partial charge is 0.450 e. The molecule has 6 nitrogen and oxygen atoms in total. The van der Waals surface area contributed by atoms with Crippen molar-refractivity contribution in [1.82, 2.24) is 9.80 Å². The number of benzene rings is 1. The van der Waals surface area contributed by atoms with Gasteiger partial charge in [-0.1, -0.05) is 18.2 Å². The first-order valence-corrected chi connectivity index (χ1v) is 8.09. The lowest BCUT2D eigenvalue weighted by Crippen LogP contribution is -2.52. The van der Waals surface area contributed by atoms with Gasteiger partial charge in [0, 0.05) is 26.2 Å². The van der Waals surface area contributed by atoms with Crippen LogP contribution in [0, 0.1) is 0 Å². The Labute approximate surface area is 131 Å². The Morgan fingerprint density at radius 3 is 2.13 bits per heavy atom. The molecule has 0 aromatic heterocycles. The molecule has 2 rings (SSSR count). The number of halogens is 3. The SMILES string of the molecule is O=CN1CCN(/C(=N\S(=O)(=O)c2ccccc2)C(F)(F)F)CC1. The highest BCUT2D eigenvalue weighted by Crippen LogP contribution is 2.24. The first-order valence-electron chi connectivity index (χ1n) is 6.65. The van der Waals surface area contributed by atoms with Gasteiger partial charge in [-0.15, -0.1) is 4.40 Å². The second-order valence-corrected chi connectivity index (χ2v) is 6.43. The summed E-state index contributed by atoms with van der Waals surface area (Å²) in [5.74, 6) is -1.47. The van der Waals surface area contributed by atoms with Crippen molar-refractivity contribution in [3.8, 4) is 0 Å². The van der Waals surface area contributed by atoms with Crippen molar-refractivity contribution in [2.75, 3.05) is 26.2 Å². The first-order chi connectivity index (χ1) is 10.7. The molecule has 0 spiro atoms. The summed E-state index contributed by atoms with van der Waals surface area (Å²) in [7, 11) is -4.47. The van der Waals surface area contributed by atoms with Crippen LogP contribution >= 0.6 is 0 Å². The fourth-order valence-electron chi connectivity index (χ4n) is 2.09. The fraction of sp³-hybridized carbons (Fsp3) is 0.385. The quantitative estimate of drug-likeness (QED) is 0.466. The van der Waals surface area contributed by atoms with Gasteiger partial charge in [-0.2, -0.15) is 21.6 Å². The van der Waals surface area contributed by atoms with Crippen LogP contribution in [0.2, 0.25) is 0 Å². The molecule has 0 atom stereocenters. The average molecular weight is 349 g/mol. The number of carbonyl (C=O) groups is 1. The molecule has 1 saturated heterocycles. The molecule has 0 aliphatic carbocycles. The van der Waals surface area contributed by atoms with Gasteiger partial charge in [0.1, 0.15) is 0 Å². The Balaban J connectivity index is 2.34. The molecule has 0 unspecified atom stereocenters. The molecule has 1 heterocycles. The van der Waals surface area contributed by atoms with E-state index in [2.05, 4.69) is 4.40 Å². The molecule has 1 aliphatic heterocycles. The third kappa shape index (κ3) is 4.21. The van der Waals surface area contributed by atoms with E-state index >= 15 is 0 Å². The predicted molar refractivity (Wildman–Crippen MR) is 76.3 cm³/mol. The number of amidine groups is 1. The minimum atomic E-state index is -4.91. The highest BCUT2D eigenvalue weighted by atomic mass is 32.2. The zero-order valence-electron chi connectivity index (χ0n) is 11.9. The van der Waals surface area contributed by atoms with Crippen LogP contribution < -0.4 is 0 Å². The van der Waals surface area contributed by atoms with Crippen molar-refractivity contribution in [2.45, 2.75) is 11.1 Å². The van der Waals surface area contributed by atoms with Gasteiger partial charge in [0.05, 0.1) is 4.90 Å². The lowest BCUT2D eigenvalue weighted by atomic mass is 10.3. The third-order valence-electron chi connectivity index (χ3n) is 3.26. The van der Waals surface area contributed by atoms with Gasteiger partial charge < -0.3 is 9.80 Å². The zero-order valence-corrected chi connectivity index (χ0v) is 12.7. The van der Waals surface area contributed by atoms with E-state index in [4.69, 9.17) is 0 Å². The van der Waals surface area contributed by atoms with E-state index in [1.807, 2.05) is 0 Å². The maximum Gasteiger partial charge on any atom is 0.450 e. The lowest BCUT2D eigenvalue weighted by Gasteiger charge is -2.34. The smallest absolute Gasteiger partial charge is 0.348 e. The summed E-state index contributed by atoms with van der Waals surface area (Å²) in [5, 5.41) is 0. The number of nitrogens with zero attached hydrogens (tertiary/aromatic N) is 3. The van der Waals surface area contributed by atoms with E-state index in [9.17, 15) is 26.4 Å². The van der Waals surface area contributed by atoms with Crippen molar-refractivity contribution in [1.29, 1.82) is 0 Å². The second-order valence-electron chi connectivity index (χ2n) is 4.83. The van der Waals surface area contributed by atoms with E-state index in [1.54, 1.807) is 6.07 Å². The summed E-state index contributed by atoms with van der Waals surface area (Å²) in [4.78, 5) is 12.4. The molecule has 1 amide bonds. The molecule has 0 saturated carbocycles. The molecule has 1 aliphatic rings. The molecule has 126 valence electrons. The number of piperazine rings is 1. The Bertz CT molecular complexity index is 681. The highest BCUT2D eigenvalue weighted by Gasteiger charge is 2.42. The Kier molecular flexibility index (Phi) is 4.93. The van der Waals surface area contributed by atoms with Gasteiger partial charge in [0.25, 0.3) is 10.0 Å². The number of amides is 1. The summed E-state index contributed by atoms with van der Waals surface area (Å²) in [6.45, 7) is -0.128. The molecular formula is C13H14F3N3O3S. The van der Waals surface area contributed by atoms with Gasteiger partial charge in [0.2, 0.25) is 12.2 Å². The first kappa shape index (κ1) is 17.3. The Morgan fingerprint density at radius 1 is 1.09 bits per heavy atom. The Morgan fingerprint density at radius 2 is 1.65 bits per heavy atom. The van der Waals surface area contributed by atoms with Crippen LogP contribution in [0.5, 0.6) is 0 Å². The average Bonchev–Trinajstić information content (AvgIpc) is 2.53. The van der Waals surface area contributed by atoms with Crippen LogP contribution in [0.4, 0.5) is 13.2 Å². The second kappa shape index (κ2) is 6.57. The number of carbonyl (C=O) groups excluding carboxylic acids is 1. The van der Waals surface area contributed by atoms with Gasteiger partial charge >= 0.3 is 6.18 Å². The van der Waals surface area contributed by atoms with Crippen LogP contribution in [-0.4, -0.2) is 62.8 Å². The van der Waals surface area contributed by atoms with Crippen molar-refractivity contribution < 1.29 is 26.4 Å². The lowest BCUT2D eigenvalue weighted by molar-refractivity contribution is -0.119. The standard InChI is InChI=1S/C13H14F3N3O3S/c14-13(15,16)12(19-8-6-18(10-20)7-9-19)17-23(21,22)11-4-2-1-3-5-11/h1-5,10H,6-9H2/b17-12-. The molecule has 0 bridgehead atoms. The summed E-state index contributed by atoms with van der Waals surface area (Å²) in [6.07, 6.45) is -4.37. The summed E-state index contributed by atoms with van der Waals surface area (Å²) < 4.78 is 66.8. The van der Waals surface area contributed by atoms with E-state index in [0.29, 0.717) is 6.41 Å². The number of sulfonamides is 1. The number of hydrogen-bond donors (Lipinski definition) is 0. The van der Waals surface area contributed by atoms with Crippen molar-refractivity contribution in [3.05, 3.63) is 30.3 Å². The van der Waals surface area contributed by atoms with Crippen molar-refractivity contribution in [3.63, 3.8) is 0 Å². The van der Waals surface area contributed by atoms with Crippen LogP contribution in [-0.2, 0) is 14.8 Å². The number of alkyl halides is 3. The fourth-order valence-corrected chi connectivity index (χ4v) is 3.14. The summed E-state index contributed by atoms with van der Waals surface area (Å²) in [6, 6.07) is 6.71. The number of hydrogen-bond acceptors (Lipinski definition) is 3. The highest BCUT2D eigenvalue weighted by molar-refractivity contribution is 7.90. The topological polar surface area (TPSA) is 70.1 Å². The molecule has 0 radical (unpaired) electrons. The van der Waals surface area contributed by atoms with Crippen molar-refractivity contribution in [2.24, 2.45) is 4.40 Å². The monoisotopic (exact) mass is 349 g/mol. The van der Waals surface area contributed by atoms with E-state index < -0.39 is 22.0 Å². The predicted octanol–water partition coefficient (Wildman–Crippen LogP) is 1.11. The molecular weight excluding hydrogens is 335 g/mol. The van der Waals surface area contributed by atoms with Gasteiger partial charge in [0.15, 0.2) is 0 Å². The van der Waals surface area contributed by atoms with Crippen molar-refractivity contribution >= 4 is 22.3 Å². The van der Waals surface area contributed by atoms with Crippen LogP contribution in [0.1, 0.15) is 0 Å². The molecule has 0 N–H and O–H groups in total. The normalized spacial score (nSPS) is 17.3. The van der Waals surface area contributed by atoms with Gasteiger partial charge in [-0.3, -0.25) is 4.79 Å². The van der Waals surface area contributed by atoms with E-state index in [0.717, 1.165) is 4.90 Å². The van der Waals surface area contributed by atoms with Crippen LogP contribution in [0.15, 0.2) is 39.6 Å². The maximum atomic E-state index is 13.2. The molecule has 23 heavy (non-hydrogen) atoms. The Hall–Kier alpha value is -2.10. The minimum absolute atomic E-state index is 0.0734. The van der Waals surface area contributed by atoms with E-state index in [-0.39, 0.29) is 31.1 Å². The summed E-state index contributed by atoms with van der Waals surface area (Å²) >= 11 is 0. The molecule has 1 aromatic carbocycles. The van der Waals surface area contributed by atoms with Gasteiger partial charge in [-0.05, 0) is 12.1 Å². The number of rotatable bonds is 3. The third-order valence-corrected chi connectivity index (χ3v) is 4.55. The maximum absolute atomic E-state index is 13.2. The molecule has 1 aromatic rings. The van der Waals surface area contributed by atoms with Crippen LogP contribution in [0.25, 0.3) is 0 Å². The molecule has 10 heteroatoms. The van der Waals surface area contributed by atoms with Gasteiger partial charge in [-0.25, -0.2) is 0 Å². The zero-order chi connectivity index (χ0) is 17.1. The minimum Gasteiger partial charge on any atom is -0.348 e. The van der Waals surface area contributed by atoms with E-state index in [1.165, 1.54) is 29.2 Å². The summed E-state index contributed by atoms with van der Waals surface area (Å²) in [5.41, 5.74) is 0. The molecule has 1 fully saturated rings.